The number of alkyl halides is 1. The maximum Gasteiger partial charge on any atom is 0.179 e. The van der Waals surface area contributed by atoms with Gasteiger partial charge in [-0.05, 0) is 12.8 Å². The van der Waals surface area contributed by atoms with Gasteiger partial charge in [-0.1, -0.05) is 30.3 Å². The van der Waals surface area contributed by atoms with Gasteiger partial charge in [-0.3, -0.25) is 4.79 Å². The van der Waals surface area contributed by atoms with E-state index in [4.69, 9.17) is 16.9 Å². The maximum atomic E-state index is 11.8. The highest BCUT2D eigenvalue weighted by Gasteiger charge is 2.18. The summed E-state index contributed by atoms with van der Waals surface area (Å²) in [6, 6.07) is 10.9. The molecule has 0 aliphatic heterocycles. The molecule has 0 radical (unpaired) electrons. The van der Waals surface area contributed by atoms with Crippen LogP contribution in [0.25, 0.3) is 0 Å². The van der Waals surface area contributed by atoms with E-state index in [2.05, 4.69) is 0 Å². The smallest absolute Gasteiger partial charge is 0.179 e. The van der Waals surface area contributed by atoms with Crippen LogP contribution < -0.4 is 0 Å². The summed E-state index contributed by atoms with van der Waals surface area (Å²) in [5, 5.41) is 8.87. The van der Waals surface area contributed by atoms with Gasteiger partial charge in [0, 0.05) is 11.4 Å². The van der Waals surface area contributed by atoms with Crippen LogP contribution in [0.3, 0.4) is 0 Å². The Hall–Kier alpha value is -1.33. The lowest BCUT2D eigenvalue weighted by Crippen LogP contribution is -2.13. The van der Waals surface area contributed by atoms with Gasteiger partial charge in [0.1, 0.15) is 5.92 Å². The van der Waals surface area contributed by atoms with Crippen molar-refractivity contribution in [2.24, 2.45) is 5.92 Å². The van der Waals surface area contributed by atoms with Crippen LogP contribution in [0.4, 0.5) is 0 Å². The van der Waals surface area contributed by atoms with E-state index in [1.54, 1.807) is 24.3 Å². The number of halogens is 1. The molecule has 0 saturated carbocycles. The predicted molar refractivity (Wildman–Crippen MR) is 59.8 cm³/mol. The Labute approximate surface area is 94.5 Å². The molecule has 0 aliphatic rings. The fraction of sp³-hybridized carbons (Fsp3) is 0.333. The molecule has 0 aliphatic carbocycles. The van der Waals surface area contributed by atoms with E-state index in [0.717, 1.165) is 0 Å². The van der Waals surface area contributed by atoms with Gasteiger partial charge in [-0.2, -0.15) is 5.26 Å². The second kappa shape index (κ2) is 6.21. The number of carbonyl (C=O) groups excluding carboxylic acids is 1. The van der Waals surface area contributed by atoms with Gasteiger partial charge in [0.15, 0.2) is 5.78 Å². The molecule has 0 spiro atoms. The number of hydrogen-bond donors (Lipinski definition) is 0. The van der Waals surface area contributed by atoms with Crippen LogP contribution in [-0.2, 0) is 0 Å². The predicted octanol–water partition coefficient (Wildman–Crippen LogP) is 3.03. The minimum atomic E-state index is -0.564. The molecule has 0 N–H and O–H groups in total. The van der Waals surface area contributed by atoms with Crippen LogP contribution in [0.1, 0.15) is 23.2 Å². The summed E-state index contributed by atoms with van der Waals surface area (Å²) in [6.45, 7) is 0. The monoisotopic (exact) mass is 221 g/mol. The molecule has 78 valence electrons. The minimum Gasteiger partial charge on any atom is -0.293 e. The van der Waals surface area contributed by atoms with Crippen molar-refractivity contribution in [2.45, 2.75) is 12.8 Å². The zero-order valence-corrected chi connectivity index (χ0v) is 9.07. The molecule has 15 heavy (non-hydrogen) atoms. The first kappa shape index (κ1) is 11.7. The van der Waals surface area contributed by atoms with E-state index in [9.17, 15) is 4.79 Å². The lowest BCUT2D eigenvalue weighted by atomic mass is 9.95. The summed E-state index contributed by atoms with van der Waals surface area (Å²) in [6.07, 6.45) is 1.23. The number of nitriles is 1. The fourth-order valence-corrected chi connectivity index (χ4v) is 1.49. The number of benzene rings is 1. The van der Waals surface area contributed by atoms with Crippen molar-refractivity contribution < 1.29 is 4.79 Å². The molecule has 0 bridgehead atoms. The lowest BCUT2D eigenvalue weighted by Gasteiger charge is -2.06. The van der Waals surface area contributed by atoms with Gasteiger partial charge in [0.05, 0.1) is 6.07 Å². The van der Waals surface area contributed by atoms with Crippen molar-refractivity contribution in [3.05, 3.63) is 35.9 Å². The third-order valence-corrected chi connectivity index (χ3v) is 2.42. The van der Waals surface area contributed by atoms with E-state index in [-0.39, 0.29) is 5.78 Å². The average Bonchev–Trinajstić information content (AvgIpc) is 2.31. The van der Waals surface area contributed by atoms with Gasteiger partial charge < -0.3 is 0 Å². The number of rotatable bonds is 5. The van der Waals surface area contributed by atoms with Crippen molar-refractivity contribution in [1.29, 1.82) is 5.26 Å². The number of carbonyl (C=O) groups is 1. The summed E-state index contributed by atoms with van der Waals surface area (Å²) in [4.78, 5) is 11.8. The van der Waals surface area contributed by atoms with Gasteiger partial charge in [-0.15, -0.1) is 11.6 Å². The molecular weight excluding hydrogens is 210 g/mol. The van der Waals surface area contributed by atoms with Crippen LogP contribution in [0, 0.1) is 17.2 Å². The molecule has 1 aromatic rings. The van der Waals surface area contributed by atoms with Crippen molar-refractivity contribution in [3.8, 4) is 6.07 Å². The maximum absolute atomic E-state index is 11.8. The quantitative estimate of drug-likeness (QED) is 0.567. The summed E-state index contributed by atoms with van der Waals surface area (Å²) >= 11 is 5.53. The van der Waals surface area contributed by atoms with E-state index in [1.165, 1.54) is 0 Å². The molecule has 0 amide bonds. The third kappa shape index (κ3) is 3.38. The number of nitrogens with zero attached hydrogens (tertiary/aromatic N) is 1. The molecule has 1 atom stereocenters. The normalized spacial score (nSPS) is 11.7. The Morgan fingerprint density at radius 2 is 2.07 bits per heavy atom. The Morgan fingerprint density at radius 3 is 2.60 bits per heavy atom. The zero-order chi connectivity index (χ0) is 11.1. The first-order valence-electron chi connectivity index (χ1n) is 4.84. The minimum absolute atomic E-state index is 0.108. The first-order chi connectivity index (χ1) is 7.29. The van der Waals surface area contributed by atoms with Crippen LogP contribution in [-0.4, -0.2) is 11.7 Å². The zero-order valence-electron chi connectivity index (χ0n) is 8.32. The fourth-order valence-electron chi connectivity index (χ4n) is 1.34. The molecule has 2 nitrogen and oxygen atoms in total. The van der Waals surface area contributed by atoms with Crippen molar-refractivity contribution >= 4 is 17.4 Å². The molecule has 0 saturated heterocycles. The molecule has 3 heteroatoms. The standard InChI is InChI=1S/C12H12ClNO/c13-8-4-7-11(9-14)12(15)10-5-2-1-3-6-10/h1-3,5-6,11H,4,7-8H2. The van der Waals surface area contributed by atoms with E-state index in [1.807, 2.05) is 12.1 Å². The summed E-state index contributed by atoms with van der Waals surface area (Å²) in [5.41, 5.74) is 0.596. The van der Waals surface area contributed by atoms with Gasteiger partial charge in [0.25, 0.3) is 0 Å². The summed E-state index contributed by atoms with van der Waals surface area (Å²) in [7, 11) is 0. The highest BCUT2D eigenvalue weighted by atomic mass is 35.5. The van der Waals surface area contributed by atoms with Gasteiger partial charge in [0.2, 0.25) is 0 Å². The molecule has 1 aromatic carbocycles. The van der Waals surface area contributed by atoms with Crippen LogP contribution >= 0.6 is 11.6 Å². The molecule has 0 fully saturated rings. The average molecular weight is 222 g/mol. The molecule has 0 heterocycles. The van der Waals surface area contributed by atoms with Crippen molar-refractivity contribution in [2.75, 3.05) is 5.88 Å². The highest BCUT2D eigenvalue weighted by Crippen LogP contribution is 2.13. The third-order valence-electron chi connectivity index (χ3n) is 2.16. The van der Waals surface area contributed by atoms with Gasteiger partial charge >= 0.3 is 0 Å². The molecule has 1 rings (SSSR count). The van der Waals surface area contributed by atoms with E-state index in [0.29, 0.717) is 24.3 Å². The van der Waals surface area contributed by atoms with Crippen molar-refractivity contribution in [1.82, 2.24) is 0 Å². The highest BCUT2D eigenvalue weighted by molar-refractivity contribution is 6.17. The SMILES string of the molecule is N#CC(CCCCl)C(=O)c1ccccc1. The molecule has 0 aromatic heterocycles. The number of ketones is 1. The summed E-state index contributed by atoms with van der Waals surface area (Å²) < 4.78 is 0. The second-order valence-corrected chi connectivity index (χ2v) is 3.62. The van der Waals surface area contributed by atoms with Gasteiger partial charge in [-0.25, -0.2) is 0 Å². The first-order valence-corrected chi connectivity index (χ1v) is 5.38. The van der Waals surface area contributed by atoms with Crippen LogP contribution in [0.2, 0.25) is 0 Å². The molecule has 1 unspecified atom stereocenters. The Bertz CT molecular complexity index is 356. The van der Waals surface area contributed by atoms with Crippen molar-refractivity contribution in [3.63, 3.8) is 0 Å². The largest absolute Gasteiger partial charge is 0.293 e. The Balaban J connectivity index is 2.70. The summed E-state index contributed by atoms with van der Waals surface area (Å²) in [5.74, 6) is -0.186. The topological polar surface area (TPSA) is 40.9 Å². The Morgan fingerprint density at radius 1 is 1.40 bits per heavy atom. The second-order valence-electron chi connectivity index (χ2n) is 3.24. The van der Waals surface area contributed by atoms with E-state index < -0.39 is 5.92 Å². The Kier molecular flexibility index (Phi) is 4.86. The van der Waals surface area contributed by atoms with Crippen LogP contribution in [0.5, 0.6) is 0 Å². The molecular formula is C12H12ClNO. The lowest BCUT2D eigenvalue weighted by molar-refractivity contribution is 0.0944. The van der Waals surface area contributed by atoms with Crippen LogP contribution in [0.15, 0.2) is 30.3 Å². The number of Topliss-reactive ketones (excluding diaryl/α,β-unsaturated/α-hetero) is 1. The van der Waals surface area contributed by atoms with E-state index >= 15 is 0 Å². The number of hydrogen-bond acceptors (Lipinski definition) is 2.